The number of aromatic amines is 3. The molecule has 4 N–H and O–H groups in total. The normalized spacial score (nSPS) is 12.9. The molecule has 0 aliphatic carbocycles. The molecule has 3 aromatic rings. The Kier molecular flexibility index (Phi) is 7.60. The second-order valence-corrected chi connectivity index (χ2v) is 7.91. The van der Waals surface area contributed by atoms with E-state index in [-0.39, 0.29) is 21.7 Å². The van der Waals surface area contributed by atoms with Crippen molar-refractivity contribution in [3.05, 3.63) is 84.5 Å². The number of carboxylic acids is 1. The largest absolute Gasteiger partial charge is 0.490 e. The van der Waals surface area contributed by atoms with Crippen molar-refractivity contribution in [3.63, 3.8) is 0 Å². The molecule has 182 valence electrons. The summed E-state index contributed by atoms with van der Waals surface area (Å²) < 4.78 is 58.8. The maximum atomic E-state index is 13.8. The lowest BCUT2D eigenvalue weighted by Crippen LogP contribution is -2.46. The highest BCUT2D eigenvalue weighted by molar-refractivity contribution is 5.73. The maximum Gasteiger partial charge on any atom is 0.490 e. The smallest absolute Gasteiger partial charge is 0.475 e. The number of aromatic nitrogens is 4. The Labute approximate surface area is 187 Å². The third kappa shape index (κ3) is 6.73. The molecule has 0 fully saturated rings. The molecule has 2 aromatic heterocycles. The number of H-pyrrole nitrogens is 3. The number of nitrogens with zero attached hydrogens (tertiary/aromatic N) is 1. The van der Waals surface area contributed by atoms with Crippen LogP contribution in [0.5, 0.6) is 0 Å². The van der Waals surface area contributed by atoms with Gasteiger partial charge in [0.25, 0.3) is 11.1 Å². The van der Waals surface area contributed by atoms with Gasteiger partial charge in [0.05, 0.1) is 12.0 Å². The van der Waals surface area contributed by atoms with Gasteiger partial charge in [0.1, 0.15) is 22.3 Å². The van der Waals surface area contributed by atoms with Gasteiger partial charge in [-0.05, 0) is 30.4 Å². The zero-order chi connectivity index (χ0) is 25.8. The van der Waals surface area contributed by atoms with Crippen LogP contribution in [0.25, 0.3) is 12.2 Å². The van der Waals surface area contributed by atoms with Gasteiger partial charge in [-0.3, -0.25) is 9.59 Å². The number of carboxylic acid groups (broad SMARTS) is 1. The van der Waals surface area contributed by atoms with Crippen molar-refractivity contribution in [1.29, 1.82) is 0 Å². The van der Waals surface area contributed by atoms with Gasteiger partial charge in [0.2, 0.25) is 0 Å². The molecular formula is C21H19F5N4O4. The third-order valence-corrected chi connectivity index (χ3v) is 4.19. The minimum absolute atomic E-state index is 0.00876. The second kappa shape index (κ2) is 9.85. The van der Waals surface area contributed by atoms with E-state index in [2.05, 4.69) is 19.9 Å². The molecule has 0 bridgehead atoms. The number of nitrogens with one attached hydrogen (secondary N) is 3. The lowest BCUT2D eigenvalue weighted by atomic mass is 9.90. The fraction of sp³-hybridized carbons (Fsp3) is 0.238. The Balaban J connectivity index is 0.000000509. The molecule has 3 rings (SSSR count). The van der Waals surface area contributed by atoms with Gasteiger partial charge in [-0.2, -0.15) is 13.2 Å². The number of alkyl halides is 3. The third-order valence-electron chi connectivity index (χ3n) is 4.19. The molecule has 0 spiro atoms. The van der Waals surface area contributed by atoms with Crippen molar-refractivity contribution >= 4 is 18.1 Å². The van der Waals surface area contributed by atoms with Crippen LogP contribution in [-0.4, -0.2) is 37.2 Å². The highest BCUT2D eigenvalue weighted by Crippen LogP contribution is 2.22. The Hall–Kier alpha value is -4.03. The zero-order valence-corrected chi connectivity index (χ0v) is 18.0. The summed E-state index contributed by atoms with van der Waals surface area (Å²) in [7, 11) is 0. The van der Waals surface area contributed by atoms with Crippen LogP contribution >= 0.6 is 0 Å². The average molecular weight is 486 g/mol. The van der Waals surface area contributed by atoms with E-state index < -0.39 is 34.9 Å². The molecule has 2 heterocycles. The summed E-state index contributed by atoms with van der Waals surface area (Å²) in [6, 6.07) is 2.85. The van der Waals surface area contributed by atoms with Crippen LogP contribution in [0.3, 0.4) is 0 Å². The van der Waals surface area contributed by atoms with Crippen LogP contribution in [0.15, 0.2) is 34.1 Å². The van der Waals surface area contributed by atoms with Gasteiger partial charge in [-0.1, -0.05) is 20.8 Å². The molecule has 0 radical (unpaired) electrons. The fourth-order valence-corrected chi connectivity index (χ4v) is 2.63. The van der Waals surface area contributed by atoms with Crippen molar-refractivity contribution in [3.8, 4) is 0 Å². The number of hydrogen-bond donors (Lipinski definition) is 4. The minimum atomic E-state index is -5.08. The monoisotopic (exact) mass is 486 g/mol. The molecule has 1 aromatic carbocycles. The molecule has 0 aliphatic rings. The summed E-state index contributed by atoms with van der Waals surface area (Å²) in [5.41, 5.74) is -0.275. The van der Waals surface area contributed by atoms with E-state index in [0.717, 1.165) is 30.0 Å². The number of benzene rings is 1. The van der Waals surface area contributed by atoms with E-state index in [1.807, 2.05) is 20.8 Å². The maximum absolute atomic E-state index is 13.8. The highest BCUT2D eigenvalue weighted by Gasteiger charge is 2.38. The fourth-order valence-electron chi connectivity index (χ4n) is 2.63. The van der Waals surface area contributed by atoms with E-state index in [1.54, 1.807) is 0 Å². The Morgan fingerprint density at radius 2 is 1.53 bits per heavy atom. The van der Waals surface area contributed by atoms with Gasteiger partial charge in [-0.25, -0.2) is 18.6 Å². The van der Waals surface area contributed by atoms with Crippen molar-refractivity contribution < 1.29 is 31.9 Å². The summed E-state index contributed by atoms with van der Waals surface area (Å²) in [5, 5.41) is 6.95. The summed E-state index contributed by atoms with van der Waals surface area (Å²) in [4.78, 5) is 45.6. The lowest BCUT2D eigenvalue weighted by molar-refractivity contribution is -0.192. The van der Waals surface area contributed by atoms with Crippen LogP contribution < -0.4 is 21.8 Å². The number of imidazole rings is 1. The molecule has 0 saturated carbocycles. The summed E-state index contributed by atoms with van der Waals surface area (Å²) >= 11 is 0. The summed E-state index contributed by atoms with van der Waals surface area (Å²) in [6.07, 6.45) is -1.03. The average Bonchev–Trinajstić information content (AvgIpc) is 3.17. The van der Waals surface area contributed by atoms with Crippen LogP contribution in [0.2, 0.25) is 0 Å². The van der Waals surface area contributed by atoms with Gasteiger partial charge < -0.3 is 20.1 Å². The standard InChI is InChI=1S/C19H18F2N4O2.C2HF3O2/c1-19(2,3)16-13(22-9-23-16)8-15-18(27)24-14(17(26)25-15)7-10-6-11(20)4-5-12(10)21;3-2(4,5)1(6)7/h4-9H,1-3H3,(H,22,23)(H,24,27)(H,25,26);(H,6,7)/b14-7-,15-8-;. The molecule has 0 unspecified atom stereocenters. The van der Waals surface area contributed by atoms with Crippen LogP contribution in [0.1, 0.15) is 37.7 Å². The Morgan fingerprint density at radius 1 is 1.00 bits per heavy atom. The van der Waals surface area contributed by atoms with Gasteiger partial charge in [0, 0.05) is 16.7 Å². The van der Waals surface area contributed by atoms with E-state index >= 15 is 0 Å². The van der Waals surface area contributed by atoms with Crippen molar-refractivity contribution in [2.24, 2.45) is 0 Å². The van der Waals surface area contributed by atoms with Crippen LogP contribution in [-0.2, 0) is 10.2 Å². The first-order valence-electron chi connectivity index (χ1n) is 9.44. The number of aliphatic carboxylic acids is 1. The van der Waals surface area contributed by atoms with E-state index in [9.17, 15) is 31.5 Å². The molecule has 0 aliphatic heterocycles. The van der Waals surface area contributed by atoms with Crippen LogP contribution in [0, 0.1) is 11.6 Å². The number of halogens is 5. The summed E-state index contributed by atoms with van der Waals surface area (Å²) in [6.45, 7) is 5.95. The van der Waals surface area contributed by atoms with Crippen molar-refractivity contribution in [2.45, 2.75) is 32.4 Å². The first-order chi connectivity index (χ1) is 15.6. The molecular weight excluding hydrogens is 467 g/mol. The number of carbonyl (C=O) groups is 1. The quantitative estimate of drug-likeness (QED) is 0.409. The minimum Gasteiger partial charge on any atom is -0.475 e. The Morgan fingerprint density at radius 3 is 2.03 bits per heavy atom. The predicted molar refractivity (Wildman–Crippen MR) is 111 cm³/mol. The first-order valence-corrected chi connectivity index (χ1v) is 9.44. The molecule has 0 saturated heterocycles. The highest BCUT2D eigenvalue weighted by atomic mass is 19.4. The molecule has 0 amide bonds. The van der Waals surface area contributed by atoms with Gasteiger partial charge in [0.15, 0.2) is 0 Å². The van der Waals surface area contributed by atoms with Gasteiger partial charge in [-0.15, -0.1) is 0 Å². The second-order valence-electron chi connectivity index (χ2n) is 7.91. The molecule has 34 heavy (non-hydrogen) atoms. The van der Waals surface area contributed by atoms with E-state index in [4.69, 9.17) is 9.90 Å². The predicted octanol–water partition coefficient (Wildman–Crippen LogP) is 1.65. The zero-order valence-electron chi connectivity index (χ0n) is 18.0. The van der Waals surface area contributed by atoms with Crippen LogP contribution in [0.4, 0.5) is 22.0 Å². The van der Waals surface area contributed by atoms with Crippen molar-refractivity contribution in [1.82, 2.24) is 19.9 Å². The molecule has 13 heteroatoms. The molecule has 8 nitrogen and oxygen atoms in total. The van der Waals surface area contributed by atoms with Crippen molar-refractivity contribution in [2.75, 3.05) is 0 Å². The molecule has 0 atom stereocenters. The topological polar surface area (TPSA) is 132 Å². The SMILES string of the molecule is CC(C)(C)c1[nH]cnc1/C=c1\[nH]c(=O)/c(=C/c2cc(F)ccc2F)[nH]c1=O.O=C(O)C(F)(F)F. The lowest BCUT2D eigenvalue weighted by Gasteiger charge is -2.16. The number of hydrogen-bond acceptors (Lipinski definition) is 4. The number of rotatable bonds is 2. The summed E-state index contributed by atoms with van der Waals surface area (Å²) in [5.74, 6) is -4.12. The van der Waals surface area contributed by atoms with E-state index in [1.165, 1.54) is 12.4 Å². The first kappa shape index (κ1) is 26.2. The van der Waals surface area contributed by atoms with Gasteiger partial charge >= 0.3 is 12.1 Å². The van der Waals surface area contributed by atoms with E-state index in [0.29, 0.717) is 5.69 Å². The Bertz CT molecular complexity index is 1430.